The third-order valence-electron chi connectivity index (χ3n) is 4.04. The molecule has 98 valence electrons. The molecule has 1 unspecified atom stereocenters. The quantitative estimate of drug-likeness (QED) is 0.411. The van der Waals surface area contributed by atoms with E-state index in [1.54, 1.807) is 0 Å². The molecule has 2 aromatic carbocycles. The minimum absolute atomic E-state index is 0.282. The van der Waals surface area contributed by atoms with E-state index < -0.39 is 0 Å². The normalized spacial score (nSPS) is 13.2. The molecule has 0 aliphatic rings. The number of aromatic nitrogens is 1. The number of hydrogen-bond donors (Lipinski definition) is 0. The Balaban J connectivity index is 2.34. The van der Waals surface area contributed by atoms with Gasteiger partial charge >= 0.3 is 0 Å². The van der Waals surface area contributed by atoms with Crippen LogP contribution in [0.3, 0.4) is 0 Å². The van der Waals surface area contributed by atoms with Crippen LogP contribution in [0.5, 0.6) is 0 Å². The fraction of sp³-hybridized carbons (Fsp3) is 0.111. The van der Waals surface area contributed by atoms with Crippen LogP contribution in [0.2, 0.25) is 0 Å². The lowest BCUT2D eigenvalue weighted by Crippen LogP contribution is -2.01. The Morgan fingerprint density at radius 2 is 1.95 bits per heavy atom. The van der Waals surface area contributed by atoms with Crippen molar-refractivity contribution in [3.63, 3.8) is 0 Å². The molecule has 0 aliphatic carbocycles. The van der Waals surface area contributed by atoms with Gasteiger partial charge in [-0.3, -0.25) is 0 Å². The van der Waals surface area contributed by atoms with Crippen molar-refractivity contribution in [2.24, 2.45) is 0 Å². The molecule has 2 heteroatoms. The van der Waals surface area contributed by atoms with Crippen LogP contribution in [0, 0.1) is 0 Å². The average Bonchev–Trinajstić information content (AvgIpc) is 3.08. The van der Waals surface area contributed by atoms with Crippen molar-refractivity contribution in [3.8, 4) is 0 Å². The number of hydrogen-bond acceptors (Lipinski definition) is 1. The van der Waals surface area contributed by atoms with Crippen LogP contribution in [-0.4, -0.2) is 4.57 Å². The summed E-state index contributed by atoms with van der Waals surface area (Å²) in [6.45, 7) is 6.18. The standard InChI is InChI=1S/C18H15NS/c1-3-12(2)19-16-7-5-4-6-14(16)15-9-8-13-10-11-20-18(13)17(15)19/h3-12H,1H2,2H3. The summed E-state index contributed by atoms with van der Waals surface area (Å²) >= 11 is 1.82. The third kappa shape index (κ3) is 1.43. The summed E-state index contributed by atoms with van der Waals surface area (Å²) in [6.07, 6.45) is 2.01. The van der Waals surface area contributed by atoms with E-state index in [9.17, 15) is 0 Å². The van der Waals surface area contributed by atoms with E-state index in [1.165, 1.54) is 31.9 Å². The van der Waals surface area contributed by atoms with Gasteiger partial charge in [0.1, 0.15) is 0 Å². The molecule has 4 rings (SSSR count). The maximum Gasteiger partial charge on any atom is 0.0678 e. The molecular weight excluding hydrogens is 262 g/mol. The smallest absolute Gasteiger partial charge is 0.0678 e. The van der Waals surface area contributed by atoms with Crippen molar-refractivity contribution in [2.45, 2.75) is 13.0 Å². The molecule has 0 fully saturated rings. The molecule has 4 aromatic rings. The van der Waals surface area contributed by atoms with Gasteiger partial charge in [0.05, 0.1) is 10.2 Å². The first kappa shape index (κ1) is 11.7. The summed E-state index contributed by atoms with van der Waals surface area (Å²) in [6, 6.07) is 15.6. The van der Waals surface area contributed by atoms with Crippen LogP contribution in [-0.2, 0) is 0 Å². The Labute approximate surface area is 121 Å². The summed E-state index contributed by atoms with van der Waals surface area (Å²) in [5.41, 5.74) is 2.63. The highest BCUT2D eigenvalue weighted by Crippen LogP contribution is 2.38. The summed E-state index contributed by atoms with van der Waals surface area (Å²) in [7, 11) is 0. The Kier molecular flexibility index (Phi) is 2.48. The molecule has 0 amide bonds. The van der Waals surface area contributed by atoms with E-state index in [1.807, 2.05) is 17.4 Å². The third-order valence-corrected chi connectivity index (χ3v) is 4.98. The second-order valence-electron chi connectivity index (χ2n) is 5.16. The molecule has 0 saturated carbocycles. The van der Waals surface area contributed by atoms with E-state index in [0.29, 0.717) is 0 Å². The van der Waals surface area contributed by atoms with Gasteiger partial charge in [-0.25, -0.2) is 0 Å². The lowest BCUT2D eigenvalue weighted by molar-refractivity contribution is 0.714. The second-order valence-corrected chi connectivity index (χ2v) is 6.08. The highest BCUT2D eigenvalue weighted by Gasteiger charge is 2.15. The van der Waals surface area contributed by atoms with Crippen LogP contribution in [0.1, 0.15) is 13.0 Å². The Hall–Kier alpha value is -2.06. The van der Waals surface area contributed by atoms with Crippen LogP contribution < -0.4 is 0 Å². The lowest BCUT2D eigenvalue weighted by atomic mass is 10.1. The van der Waals surface area contributed by atoms with Crippen molar-refractivity contribution in [2.75, 3.05) is 0 Å². The zero-order valence-electron chi connectivity index (χ0n) is 11.3. The minimum Gasteiger partial charge on any atom is -0.333 e. The first-order chi connectivity index (χ1) is 9.81. The van der Waals surface area contributed by atoms with Crippen LogP contribution in [0.15, 0.2) is 60.5 Å². The van der Waals surface area contributed by atoms with E-state index in [0.717, 1.165) is 0 Å². The largest absolute Gasteiger partial charge is 0.333 e. The van der Waals surface area contributed by atoms with Gasteiger partial charge in [0, 0.05) is 22.3 Å². The van der Waals surface area contributed by atoms with Gasteiger partial charge in [0.15, 0.2) is 0 Å². The molecule has 0 bridgehead atoms. The van der Waals surface area contributed by atoms with Gasteiger partial charge in [-0.1, -0.05) is 36.4 Å². The molecular formula is C18H15NS. The topological polar surface area (TPSA) is 4.93 Å². The Morgan fingerprint density at radius 3 is 2.80 bits per heavy atom. The Bertz CT molecular complexity index is 942. The van der Waals surface area contributed by atoms with Gasteiger partial charge in [0.25, 0.3) is 0 Å². The molecule has 0 spiro atoms. The SMILES string of the molecule is C=CC(C)n1c2ccccc2c2ccc3ccsc3c21. The molecule has 1 nitrogen and oxygen atoms in total. The van der Waals surface area contributed by atoms with Gasteiger partial charge < -0.3 is 4.57 Å². The number of fused-ring (bicyclic) bond motifs is 5. The zero-order chi connectivity index (χ0) is 13.7. The highest BCUT2D eigenvalue weighted by atomic mass is 32.1. The first-order valence-corrected chi connectivity index (χ1v) is 7.70. The van der Waals surface area contributed by atoms with Crippen molar-refractivity contribution in [1.29, 1.82) is 0 Å². The summed E-state index contributed by atoms with van der Waals surface area (Å²) < 4.78 is 3.78. The number of thiophene rings is 1. The summed E-state index contributed by atoms with van der Waals surface area (Å²) in [5.74, 6) is 0. The van der Waals surface area contributed by atoms with Gasteiger partial charge in [-0.05, 0) is 29.8 Å². The average molecular weight is 277 g/mol. The Morgan fingerprint density at radius 1 is 1.10 bits per heavy atom. The second kappa shape index (κ2) is 4.22. The number of allylic oxidation sites excluding steroid dienone is 1. The van der Waals surface area contributed by atoms with Gasteiger partial charge in [0.2, 0.25) is 0 Å². The molecule has 0 N–H and O–H groups in total. The molecule has 20 heavy (non-hydrogen) atoms. The van der Waals surface area contributed by atoms with Crippen molar-refractivity contribution < 1.29 is 0 Å². The molecule has 2 aromatic heterocycles. The minimum atomic E-state index is 0.282. The molecule has 0 radical (unpaired) electrons. The van der Waals surface area contributed by atoms with E-state index >= 15 is 0 Å². The number of para-hydroxylation sites is 1. The fourth-order valence-electron chi connectivity index (χ4n) is 3.03. The number of nitrogens with zero attached hydrogens (tertiary/aromatic N) is 1. The van der Waals surface area contributed by atoms with Crippen LogP contribution in [0.25, 0.3) is 31.9 Å². The molecule has 0 saturated heterocycles. The maximum absolute atomic E-state index is 3.98. The lowest BCUT2D eigenvalue weighted by Gasteiger charge is -2.12. The predicted octanol–water partition coefficient (Wildman–Crippen LogP) is 5.76. The van der Waals surface area contributed by atoms with Crippen molar-refractivity contribution >= 4 is 43.2 Å². The summed E-state index contributed by atoms with van der Waals surface area (Å²) in [5, 5.41) is 6.16. The molecule has 2 heterocycles. The monoisotopic (exact) mass is 277 g/mol. The number of rotatable bonds is 2. The first-order valence-electron chi connectivity index (χ1n) is 6.82. The summed E-state index contributed by atoms with van der Waals surface area (Å²) in [4.78, 5) is 0. The van der Waals surface area contributed by atoms with E-state index in [4.69, 9.17) is 0 Å². The predicted molar refractivity (Wildman–Crippen MR) is 89.7 cm³/mol. The van der Waals surface area contributed by atoms with Crippen LogP contribution in [0.4, 0.5) is 0 Å². The van der Waals surface area contributed by atoms with E-state index in [-0.39, 0.29) is 6.04 Å². The van der Waals surface area contributed by atoms with Gasteiger partial charge in [-0.15, -0.1) is 17.9 Å². The fourth-order valence-corrected chi connectivity index (χ4v) is 3.98. The van der Waals surface area contributed by atoms with Gasteiger partial charge in [-0.2, -0.15) is 0 Å². The molecule has 0 aliphatic heterocycles. The van der Waals surface area contributed by atoms with E-state index in [2.05, 4.69) is 65.9 Å². The number of benzene rings is 2. The van der Waals surface area contributed by atoms with Crippen molar-refractivity contribution in [3.05, 3.63) is 60.5 Å². The highest BCUT2D eigenvalue weighted by molar-refractivity contribution is 7.18. The molecule has 1 atom stereocenters. The van der Waals surface area contributed by atoms with Crippen molar-refractivity contribution in [1.82, 2.24) is 4.57 Å². The zero-order valence-corrected chi connectivity index (χ0v) is 12.2. The maximum atomic E-state index is 3.98. The van der Waals surface area contributed by atoms with Crippen LogP contribution >= 0.6 is 11.3 Å².